The molecule has 2 heterocycles. The van der Waals surface area contributed by atoms with Crippen molar-refractivity contribution in [1.82, 2.24) is 40.5 Å². The highest BCUT2D eigenvalue weighted by Crippen LogP contribution is 2.48. The van der Waals surface area contributed by atoms with Crippen LogP contribution in [-0.2, 0) is 24.4 Å². The molecule has 1 aromatic heterocycles. The van der Waals surface area contributed by atoms with Gasteiger partial charge in [-0.15, -0.1) is 10.2 Å². The van der Waals surface area contributed by atoms with E-state index in [4.69, 9.17) is 4.74 Å². The van der Waals surface area contributed by atoms with Crippen LogP contribution < -0.4 is 20.1 Å². The number of nitrogens with zero attached hydrogens (tertiary/aromatic N) is 5. The highest BCUT2D eigenvalue weighted by atomic mass is 32.2. The number of amides is 3. The Morgan fingerprint density at radius 3 is 2.35 bits per heavy atom. The van der Waals surface area contributed by atoms with Gasteiger partial charge in [-0.25, -0.2) is 17.2 Å². The summed E-state index contributed by atoms with van der Waals surface area (Å²) in [6.07, 6.45) is -1.93. The number of hydrogen-bond acceptors (Lipinski definition) is 10. The van der Waals surface area contributed by atoms with Crippen LogP contribution in [0.15, 0.2) is 24.3 Å². The average Bonchev–Trinajstić information content (AvgIpc) is 3.91. The largest absolute Gasteiger partial charge is 0.497 e. The van der Waals surface area contributed by atoms with Crippen molar-refractivity contribution in [2.75, 3.05) is 20.2 Å². The first-order chi connectivity index (χ1) is 23.0. The second-order valence-corrected chi connectivity index (χ2v) is 16.8. The molecule has 2 aliphatic carbocycles. The van der Waals surface area contributed by atoms with Crippen LogP contribution in [-0.4, -0.2) is 101 Å². The standard InChI is InChI=1S/C32H46F2N8O6S/c1-18(2)25(35-14-13-31(3,4)5)29(44)41-17-20(42-38-27(37-40-42)19-7-9-21(48-6)10-8-19)15-24(41)28(43)36-32(16-23(32)26(33)34)30(45)39-49(46,47)22-11-12-22/h7-10,18,20,22-26,35H,11-17H2,1-6H3,(H,36,43)(H,39,45)/t20-,23+,24?,25+,32-/m1/s1. The Kier molecular flexibility index (Phi) is 10.4. The van der Waals surface area contributed by atoms with Crippen LogP contribution in [0.2, 0.25) is 0 Å². The summed E-state index contributed by atoms with van der Waals surface area (Å²) < 4.78 is 60.2. The number of aromatic nitrogens is 4. The van der Waals surface area contributed by atoms with Crippen molar-refractivity contribution in [3.8, 4) is 17.1 Å². The predicted molar refractivity (Wildman–Crippen MR) is 175 cm³/mol. The SMILES string of the molecule is COc1ccc(-c2nnn([C@@H]3CC(C(=O)N[C@]4(C(=O)NS(=O)(=O)C5CC5)C[C@H]4C(F)F)N(C(=O)[C@@H](NCCC(C)(C)C)C(C)C)C3)n2)cc1. The zero-order chi connectivity index (χ0) is 35.9. The van der Waals surface area contributed by atoms with Crippen LogP contribution in [0.1, 0.15) is 72.8 Å². The van der Waals surface area contributed by atoms with Gasteiger partial charge in [0.15, 0.2) is 0 Å². The average molecular weight is 709 g/mol. The van der Waals surface area contributed by atoms with E-state index in [1.54, 1.807) is 31.4 Å². The molecule has 2 aromatic rings. The zero-order valence-electron chi connectivity index (χ0n) is 28.7. The second kappa shape index (κ2) is 13.9. The van der Waals surface area contributed by atoms with Crippen molar-refractivity contribution in [1.29, 1.82) is 0 Å². The molecule has 2 saturated carbocycles. The van der Waals surface area contributed by atoms with Crippen LogP contribution in [0.25, 0.3) is 11.4 Å². The highest BCUT2D eigenvalue weighted by Gasteiger charge is 2.66. The molecule has 0 spiro atoms. The number of ether oxygens (including phenoxy) is 1. The first-order valence-electron chi connectivity index (χ1n) is 16.6. The number of benzene rings is 1. The minimum Gasteiger partial charge on any atom is -0.497 e. The number of rotatable bonds is 14. The minimum absolute atomic E-state index is 0.000208. The maximum absolute atomic E-state index is 14.2. The van der Waals surface area contributed by atoms with E-state index in [0.717, 1.165) is 6.42 Å². The monoisotopic (exact) mass is 708 g/mol. The number of halogens is 2. The summed E-state index contributed by atoms with van der Waals surface area (Å²) in [6, 6.07) is 4.54. The Morgan fingerprint density at radius 1 is 1.12 bits per heavy atom. The van der Waals surface area contributed by atoms with Crippen molar-refractivity contribution < 1.29 is 36.3 Å². The van der Waals surface area contributed by atoms with Crippen molar-refractivity contribution in [2.45, 2.75) is 102 Å². The maximum atomic E-state index is 14.2. The summed E-state index contributed by atoms with van der Waals surface area (Å²) in [5.41, 5.74) is -1.46. The third-order valence-electron chi connectivity index (χ3n) is 9.41. The van der Waals surface area contributed by atoms with E-state index in [0.29, 0.717) is 36.5 Å². The van der Waals surface area contributed by atoms with Gasteiger partial charge in [-0.05, 0) is 73.0 Å². The van der Waals surface area contributed by atoms with Gasteiger partial charge in [0.1, 0.15) is 17.3 Å². The van der Waals surface area contributed by atoms with Gasteiger partial charge in [-0.3, -0.25) is 19.1 Å². The molecule has 3 amide bonds. The highest BCUT2D eigenvalue weighted by molar-refractivity contribution is 7.91. The molecule has 0 radical (unpaired) electrons. The zero-order valence-corrected chi connectivity index (χ0v) is 29.5. The second-order valence-electron chi connectivity index (χ2n) is 14.8. The molecule has 5 atom stereocenters. The van der Waals surface area contributed by atoms with E-state index in [9.17, 15) is 31.6 Å². The van der Waals surface area contributed by atoms with Crippen molar-refractivity contribution in [3.05, 3.63) is 24.3 Å². The topological polar surface area (TPSA) is 178 Å². The predicted octanol–water partition coefficient (Wildman–Crippen LogP) is 2.29. The van der Waals surface area contributed by atoms with Crippen molar-refractivity contribution in [3.63, 3.8) is 0 Å². The molecule has 1 aliphatic heterocycles. The summed E-state index contributed by atoms with van der Waals surface area (Å²) in [7, 11) is -2.52. The Hall–Kier alpha value is -3.73. The number of sulfonamides is 1. The lowest BCUT2D eigenvalue weighted by atomic mass is 9.92. The van der Waals surface area contributed by atoms with E-state index in [-0.39, 0.29) is 30.2 Å². The molecule has 1 saturated heterocycles. The van der Waals surface area contributed by atoms with E-state index in [1.165, 1.54) is 9.70 Å². The van der Waals surface area contributed by atoms with Crippen LogP contribution in [0.4, 0.5) is 8.78 Å². The number of carbonyl (C=O) groups excluding carboxylic acids is 3. The summed E-state index contributed by atoms with van der Waals surface area (Å²) in [5.74, 6) is -3.22. The Labute approximate surface area is 285 Å². The number of likely N-dealkylation sites (tertiary alicyclic amines) is 1. The smallest absolute Gasteiger partial charge is 0.259 e. The van der Waals surface area contributed by atoms with Crippen LogP contribution >= 0.6 is 0 Å². The number of carbonyl (C=O) groups is 3. The Balaban J connectivity index is 1.41. The van der Waals surface area contributed by atoms with Gasteiger partial charge in [0.25, 0.3) is 5.91 Å². The van der Waals surface area contributed by atoms with Crippen molar-refractivity contribution >= 4 is 27.7 Å². The number of methoxy groups -OCH3 is 1. The molecule has 17 heteroatoms. The molecule has 3 fully saturated rings. The first-order valence-corrected chi connectivity index (χ1v) is 18.1. The summed E-state index contributed by atoms with van der Waals surface area (Å²) in [5, 5.41) is 17.9. The van der Waals surface area contributed by atoms with Crippen molar-refractivity contribution in [2.24, 2.45) is 17.3 Å². The van der Waals surface area contributed by atoms with E-state index >= 15 is 0 Å². The molecule has 3 aliphatic rings. The van der Waals surface area contributed by atoms with Gasteiger partial charge in [0, 0.05) is 18.5 Å². The lowest BCUT2D eigenvalue weighted by Crippen LogP contribution is -2.59. The van der Waals surface area contributed by atoms with Gasteiger partial charge < -0.3 is 20.3 Å². The van der Waals surface area contributed by atoms with Gasteiger partial charge >= 0.3 is 0 Å². The molecular formula is C32H46F2N8O6S. The van der Waals surface area contributed by atoms with E-state index < -0.39 is 69.5 Å². The third kappa shape index (κ3) is 8.19. The quantitative estimate of drug-likeness (QED) is 0.264. The normalized spacial score (nSPS) is 24.6. The minimum atomic E-state index is -4.07. The Bertz CT molecular complexity index is 1640. The van der Waals surface area contributed by atoms with Gasteiger partial charge in [0.05, 0.1) is 30.4 Å². The number of nitrogens with one attached hydrogen (secondary N) is 3. The summed E-state index contributed by atoms with van der Waals surface area (Å²) in [6.45, 7) is 10.6. The van der Waals surface area contributed by atoms with E-state index in [1.807, 2.05) is 18.6 Å². The van der Waals surface area contributed by atoms with Gasteiger partial charge in [-0.1, -0.05) is 34.6 Å². The molecule has 3 N–H and O–H groups in total. The third-order valence-corrected chi connectivity index (χ3v) is 11.2. The number of alkyl halides is 2. The molecule has 5 rings (SSSR count). The molecule has 49 heavy (non-hydrogen) atoms. The number of tetrazole rings is 1. The summed E-state index contributed by atoms with van der Waals surface area (Å²) >= 11 is 0. The molecule has 0 bridgehead atoms. The fraction of sp³-hybridized carbons (Fsp3) is 0.688. The lowest BCUT2D eigenvalue weighted by Gasteiger charge is -2.32. The maximum Gasteiger partial charge on any atom is 0.259 e. The molecule has 270 valence electrons. The van der Waals surface area contributed by atoms with Gasteiger partial charge in [-0.2, -0.15) is 4.80 Å². The fourth-order valence-electron chi connectivity index (χ4n) is 6.14. The van der Waals surface area contributed by atoms with Crippen LogP contribution in [0.3, 0.4) is 0 Å². The first kappa shape index (κ1) is 36.5. The molecular weight excluding hydrogens is 662 g/mol. The van der Waals surface area contributed by atoms with Crippen LogP contribution in [0, 0.1) is 17.3 Å². The molecule has 1 unspecified atom stereocenters. The molecule has 14 nitrogen and oxygen atoms in total. The van der Waals surface area contributed by atoms with Gasteiger partial charge in [0.2, 0.25) is 34.1 Å². The fourth-order valence-corrected chi connectivity index (χ4v) is 7.50. The lowest BCUT2D eigenvalue weighted by molar-refractivity contribution is -0.142. The summed E-state index contributed by atoms with van der Waals surface area (Å²) in [4.78, 5) is 44.2. The number of hydrogen-bond donors (Lipinski definition) is 3. The van der Waals surface area contributed by atoms with E-state index in [2.05, 4.69) is 46.8 Å². The van der Waals surface area contributed by atoms with Crippen LogP contribution in [0.5, 0.6) is 5.75 Å². The molecule has 1 aromatic carbocycles. The Morgan fingerprint density at radius 2 is 1.80 bits per heavy atom.